The molecule has 36 heteroatoms. The number of amides is 1. The number of nitrogens with zero attached hydrogens (tertiary/aromatic N) is 1. The molecule has 0 radical (unpaired) electrons. The van der Waals surface area contributed by atoms with Crippen LogP contribution in [-0.2, 0) is 91.9 Å². The average molecular weight is 1510 g/mol. The number of aromatic amines is 1. The predicted octanol–water partition coefficient (Wildman–Crippen LogP) is 7.41. The number of unbranched alkanes of at least 4 members (excludes halogenated alkanes) is 1. The summed E-state index contributed by atoms with van der Waals surface area (Å²) in [5.41, 5.74) is 4.23. The molecule has 0 spiro atoms. The normalized spacial score (nSPS) is 16.7. The second kappa shape index (κ2) is 39.2. The zero-order valence-electron chi connectivity index (χ0n) is 55.2. The lowest BCUT2D eigenvalue weighted by molar-refractivity contribution is -0.496. The number of aromatic carboxylic acids is 1. The Morgan fingerprint density at radius 1 is 0.878 bits per heavy atom. The summed E-state index contributed by atoms with van der Waals surface area (Å²) in [5, 5.41) is 14.8. The number of aromatic nitrogens is 2. The van der Waals surface area contributed by atoms with E-state index < -0.39 is 87.2 Å². The van der Waals surface area contributed by atoms with Gasteiger partial charge in [-0.15, -0.1) is 0 Å². The maximum atomic E-state index is 13.7. The molecule has 8 N–H and O–H groups in total. The van der Waals surface area contributed by atoms with Gasteiger partial charge in [-0.25, -0.2) is 33.1 Å². The summed E-state index contributed by atoms with van der Waals surface area (Å²) in [6.45, 7) is 14.1. The summed E-state index contributed by atoms with van der Waals surface area (Å²) < 4.78 is 93.9. The number of Topliss-reactive ketones (excluding diaryl/α,β-unsaturated/α-hetero) is 1. The van der Waals surface area contributed by atoms with Crippen molar-refractivity contribution >= 4 is 100 Å². The van der Waals surface area contributed by atoms with E-state index in [-0.39, 0.29) is 92.9 Å². The van der Waals surface area contributed by atoms with E-state index in [0.29, 0.717) is 79.4 Å². The molecule has 540 valence electrons. The number of nitrogens with one attached hydrogen (secondary N) is 3. The van der Waals surface area contributed by atoms with E-state index in [0.717, 1.165) is 56.6 Å². The van der Waals surface area contributed by atoms with Crippen LogP contribution in [0.1, 0.15) is 135 Å². The Morgan fingerprint density at radius 3 is 2.33 bits per heavy atom. The predicted molar refractivity (Wildman–Crippen MR) is 369 cm³/mol. The second-order valence-corrected chi connectivity index (χ2v) is 33.4. The highest BCUT2D eigenvalue weighted by molar-refractivity contribution is 8.77. The minimum Gasteiger partial charge on any atom is -0.478 e. The third kappa shape index (κ3) is 26.9. The van der Waals surface area contributed by atoms with Crippen LogP contribution in [0, 0.1) is 25.7 Å². The molecular weight excluding hydrogens is 1420 g/mol. The average Bonchev–Trinajstić information content (AvgIpc) is 0.822. The molecule has 98 heavy (non-hydrogen) atoms. The number of phosphoric acid groups is 3. The Morgan fingerprint density at radius 2 is 1.61 bits per heavy atom. The van der Waals surface area contributed by atoms with Crippen LogP contribution in [0.4, 0.5) is 4.79 Å². The summed E-state index contributed by atoms with van der Waals surface area (Å²) in [7, 11) is -14.6. The number of aryl methyl sites for hydroxylation is 3. The fraction of sp³-hybridized carbons (Fsp3) is 0.532. The summed E-state index contributed by atoms with van der Waals surface area (Å²) in [6.07, 6.45) is 2.76. The van der Waals surface area contributed by atoms with Gasteiger partial charge in [0.1, 0.15) is 41.7 Å². The third-order valence-electron chi connectivity index (χ3n) is 14.5. The number of carbonyl (C=O) groups is 4. The van der Waals surface area contributed by atoms with E-state index in [1.54, 1.807) is 29.2 Å². The number of benzene rings is 3. The monoisotopic (exact) mass is 1510 g/mol. The summed E-state index contributed by atoms with van der Waals surface area (Å²) in [6, 6.07) is 12.8. The van der Waals surface area contributed by atoms with Gasteiger partial charge in [-0.3, -0.25) is 28.5 Å². The highest BCUT2D eigenvalue weighted by atomic mass is 33.1. The number of fused-ring (bicyclic) bond motifs is 2. The van der Waals surface area contributed by atoms with Crippen LogP contribution in [0.15, 0.2) is 62.7 Å². The van der Waals surface area contributed by atoms with Gasteiger partial charge in [-0.1, -0.05) is 62.3 Å². The lowest BCUT2D eigenvalue weighted by Gasteiger charge is -2.22. The number of alkyl carbamates (subject to hydrolysis) is 1. The fourth-order valence-corrected chi connectivity index (χ4v) is 15.7. The van der Waals surface area contributed by atoms with Crippen LogP contribution in [0.5, 0.6) is 0 Å². The van der Waals surface area contributed by atoms with Crippen LogP contribution in [0.3, 0.4) is 0 Å². The largest absolute Gasteiger partial charge is 0.490 e. The van der Waals surface area contributed by atoms with Crippen LogP contribution in [0.25, 0.3) is 33.4 Å². The third-order valence-corrected chi connectivity index (χ3v) is 22.1. The van der Waals surface area contributed by atoms with Crippen LogP contribution in [0.2, 0.25) is 0 Å². The van der Waals surface area contributed by atoms with E-state index in [4.69, 9.17) is 63.1 Å². The zero-order chi connectivity index (χ0) is 71.8. The Bertz CT molecular complexity index is 4000. The molecule has 6 atom stereocenters. The molecule has 1 saturated heterocycles. The molecule has 3 aromatic rings. The van der Waals surface area contributed by atoms with Gasteiger partial charge in [-0.05, 0) is 131 Å². The molecule has 1 aliphatic carbocycles. The topological polar surface area (TPSA) is 407 Å². The lowest BCUT2D eigenvalue weighted by atomic mass is 9.87. The fourth-order valence-electron chi connectivity index (χ4n) is 9.87. The van der Waals surface area contributed by atoms with E-state index in [1.165, 1.54) is 16.9 Å². The number of ketones is 1. The number of esters is 1. The Hall–Kier alpha value is -5.27. The molecule has 0 saturated carbocycles. The number of rotatable bonds is 41. The second-order valence-electron chi connectivity index (χ2n) is 22.9. The Labute approximate surface area is 580 Å². The minimum atomic E-state index is -5.80. The molecule has 2 aliphatic heterocycles. The number of carboxylic acids is 1. The van der Waals surface area contributed by atoms with Crippen molar-refractivity contribution in [3.63, 3.8) is 0 Å². The van der Waals surface area contributed by atoms with Crippen LogP contribution in [-0.4, -0.2) is 159 Å². The van der Waals surface area contributed by atoms with Crippen molar-refractivity contribution in [3.8, 4) is 34.3 Å². The van der Waals surface area contributed by atoms with Crippen molar-refractivity contribution in [2.24, 2.45) is 0 Å². The van der Waals surface area contributed by atoms with Crippen LogP contribution >= 0.6 is 45.1 Å². The first-order chi connectivity index (χ1) is 46.4. The molecule has 1 aromatic heterocycles. The van der Waals surface area contributed by atoms with E-state index in [1.807, 2.05) is 52.8 Å². The summed E-state index contributed by atoms with van der Waals surface area (Å²) in [4.78, 5) is 119. The Balaban J connectivity index is 0.799. The highest BCUT2D eigenvalue weighted by Crippen LogP contribution is 2.66. The van der Waals surface area contributed by atoms with Gasteiger partial charge < -0.3 is 67.6 Å². The maximum absolute atomic E-state index is 13.7. The first kappa shape index (κ1) is 81.7. The SMILES string of the molecule is CCCc1cc2oc3cc(=[NH+]CC)c(C)cc-3c(-c3cc(C(=O)CCCOCCOCCNC(=O)OCCC(C)(C)SSCOCCCCOC(=O)CCC#Cc4cn([C@H]5C[C@H](OCS(C)=S)[C@@H](COP(=O)(O)OP(=O)(O)OP(=O)(O)O)O5)c(=O)[nH]c4=O)ccc3C(=O)O)c2cc1C. The van der Waals surface area contributed by atoms with E-state index in [9.17, 15) is 57.4 Å². The molecule has 2 aromatic carbocycles. The van der Waals surface area contributed by atoms with Gasteiger partial charge >= 0.3 is 47.2 Å². The van der Waals surface area contributed by atoms with E-state index in [2.05, 4.69) is 48.7 Å². The molecule has 3 heterocycles. The number of hydrogen-bond donors (Lipinski definition) is 8. The smallest absolute Gasteiger partial charge is 0.478 e. The maximum Gasteiger partial charge on any atom is 0.490 e. The first-order valence-corrected chi connectivity index (χ1v) is 40.7. The van der Waals surface area contributed by atoms with Crippen molar-refractivity contribution in [1.29, 1.82) is 0 Å². The standard InChI is InChI=1S/C62H83N4O25P3S4/c1-8-15-42-33-51-47(30-40(42)3)57(48-31-41(4)49(63-9-2)34-52(48)88-51)46-32-43(19-20-45(46)59(70)71)50(67)17-14-24-81-28-29-82-27-22-64-61(73)85-26-21-62(5,6)97-96-38-83-23-12-13-25-84-56(68)18-11-10-16-44-36-66(60(72)65-58(44)69)55-35-53(86-39-98(7)95)54(89-55)37-87-93(77,78)91-94(79,80)90-92(74,75)76/h19-20,30-34,36,53-55H,8-9,11-15,17-18,21-29,35,37-39H2,1-7H3,(H,64,73)(H,70,71)(H,77,78)(H,79,80)(H,65,69,72)(H2,74,75,76)/p+1/t53-,54+,55+,98?/m0/s1. The highest BCUT2D eigenvalue weighted by Gasteiger charge is 2.44. The summed E-state index contributed by atoms with van der Waals surface area (Å²) in [5.74, 6) is 4.53. The molecule has 0 bridgehead atoms. The van der Waals surface area contributed by atoms with Gasteiger partial charge in [0.05, 0.1) is 69.7 Å². The number of phosphoric ester groups is 1. The van der Waals surface area contributed by atoms with Crippen molar-refractivity contribution in [1.82, 2.24) is 14.9 Å². The Kier molecular flexibility index (Phi) is 32.7. The number of carboxylic acid groups (broad SMARTS) is 1. The van der Waals surface area contributed by atoms with Gasteiger partial charge in [0.2, 0.25) is 5.36 Å². The number of H-pyrrole nitrogens is 1. The zero-order valence-corrected chi connectivity index (χ0v) is 61.2. The van der Waals surface area contributed by atoms with Crippen molar-refractivity contribution in [2.75, 3.05) is 84.1 Å². The molecule has 3 aliphatic rings. The van der Waals surface area contributed by atoms with Gasteiger partial charge in [0.25, 0.3) is 5.56 Å². The van der Waals surface area contributed by atoms with Crippen LogP contribution < -0.4 is 26.9 Å². The molecule has 1 amide bonds. The number of ether oxygens (including phenoxy) is 7. The summed E-state index contributed by atoms with van der Waals surface area (Å²) >= 11 is 5.16. The van der Waals surface area contributed by atoms with Crippen molar-refractivity contribution < 1.29 is 113 Å². The van der Waals surface area contributed by atoms with Crippen molar-refractivity contribution in [3.05, 3.63) is 108 Å². The van der Waals surface area contributed by atoms with E-state index >= 15 is 0 Å². The van der Waals surface area contributed by atoms with Gasteiger partial charge in [0, 0.05) is 77.6 Å². The lowest BCUT2D eigenvalue weighted by Crippen LogP contribution is -2.76. The minimum absolute atomic E-state index is 0.00112. The van der Waals surface area contributed by atoms with Gasteiger partial charge in [-0.2, -0.15) is 8.62 Å². The molecular formula is C62H84N4O25P3S4+. The number of hydrogen-bond acceptors (Lipinski definition) is 23. The van der Waals surface area contributed by atoms with Gasteiger partial charge in [0.15, 0.2) is 5.78 Å². The van der Waals surface area contributed by atoms with Crippen molar-refractivity contribution in [2.45, 2.75) is 129 Å². The molecule has 3 unspecified atom stereocenters. The molecule has 6 rings (SSSR count). The first-order valence-electron chi connectivity index (χ1n) is 31.2. The molecule has 1 fully saturated rings. The quantitative estimate of drug-likeness (QED) is 0.00276. The number of carbonyl (C=O) groups excluding carboxylic acids is 3. The molecule has 29 nitrogen and oxygen atoms in total.